The van der Waals surface area contributed by atoms with Crippen molar-refractivity contribution in [2.24, 2.45) is 4.99 Å². The van der Waals surface area contributed by atoms with Gasteiger partial charge in [-0.15, -0.1) is 0 Å². The van der Waals surface area contributed by atoms with E-state index in [1.165, 1.54) is 11.3 Å². The number of hydrogen-bond donors (Lipinski definition) is 2. The Kier molecular flexibility index (Phi) is 6.32. The molecule has 2 N–H and O–H groups in total. The van der Waals surface area contributed by atoms with Crippen LogP contribution in [0, 0.1) is 6.92 Å². The molecule has 2 heterocycles. The summed E-state index contributed by atoms with van der Waals surface area (Å²) < 4.78 is 5.62. The lowest BCUT2D eigenvalue weighted by Gasteiger charge is -2.35. The van der Waals surface area contributed by atoms with E-state index in [0.29, 0.717) is 18.5 Å². The van der Waals surface area contributed by atoms with Crippen LogP contribution in [0.1, 0.15) is 24.1 Å². The third-order valence-electron chi connectivity index (χ3n) is 5.39. The molecule has 1 atom stereocenters. The van der Waals surface area contributed by atoms with Crippen LogP contribution in [-0.2, 0) is 6.54 Å². The van der Waals surface area contributed by atoms with Crippen molar-refractivity contribution in [2.45, 2.75) is 32.4 Å². The van der Waals surface area contributed by atoms with E-state index < -0.39 is 0 Å². The van der Waals surface area contributed by atoms with Gasteiger partial charge in [0.05, 0.1) is 12.2 Å². The predicted molar refractivity (Wildman–Crippen MR) is 122 cm³/mol. The van der Waals surface area contributed by atoms with Crippen LogP contribution in [0.15, 0.2) is 70.3 Å². The van der Waals surface area contributed by atoms with Crippen molar-refractivity contribution in [3.05, 3.63) is 72.1 Å². The maximum Gasteiger partial charge on any atom is 0.226 e. The average Bonchev–Trinajstić information content (AvgIpc) is 3.27. The van der Waals surface area contributed by atoms with Crippen LogP contribution < -0.4 is 15.5 Å². The number of guanidine groups is 1. The lowest BCUT2D eigenvalue weighted by atomic mass is 10.0. The maximum atomic E-state index is 5.62. The number of aryl methyl sites for hydroxylation is 1. The topological polar surface area (TPSA) is 65.7 Å². The highest BCUT2D eigenvalue weighted by Gasteiger charge is 2.21. The van der Waals surface area contributed by atoms with E-state index >= 15 is 0 Å². The number of oxazole rings is 1. The quantitative estimate of drug-likeness (QED) is 0.498. The van der Waals surface area contributed by atoms with E-state index in [2.05, 4.69) is 56.7 Å². The number of piperidine rings is 1. The molecule has 0 bridgehead atoms. The lowest BCUT2D eigenvalue weighted by Crippen LogP contribution is -2.51. The second kappa shape index (κ2) is 9.48. The Labute approximate surface area is 178 Å². The number of rotatable bonds is 5. The molecule has 1 aromatic heterocycles. The van der Waals surface area contributed by atoms with Crippen LogP contribution in [0.25, 0.3) is 11.5 Å². The molecule has 1 fully saturated rings. The summed E-state index contributed by atoms with van der Waals surface area (Å²) in [5.74, 6) is 1.42. The van der Waals surface area contributed by atoms with E-state index in [4.69, 9.17) is 4.42 Å². The Morgan fingerprint density at radius 2 is 1.97 bits per heavy atom. The van der Waals surface area contributed by atoms with Crippen molar-refractivity contribution in [3.63, 3.8) is 0 Å². The van der Waals surface area contributed by atoms with E-state index in [1.807, 2.05) is 30.3 Å². The first-order chi connectivity index (χ1) is 14.7. The Morgan fingerprint density at radius 1 is 1.17 bits per heavy atom. The molecule has 0 amide bonds. The minimum Gasteiger partial charge on any atom is -0.444 e. The summed E-state index contributed by atoms with van der Waals surface area (Å²) in [7, 11) is 1.80. The Balaban J connectivity index is 1.31. The molecule has 1 saturated heterocycles. The molecule has 6 heteroatoms. The number of aliphatic imine (C=N–C) groups is 1. The summed E-state index contributed by atoms with van der Waals surface area (Å²) in [6.45, 7) is 4.74. The van der Waals surface area contributed by atoms with E-state index in [0.717, 1.165) is 43.1 Å². The average molecular weight is 404 g/mol. The molecule has 6 nitrogen and oxygen atoms in total. The van der Waals surface area contributed by atoms with Gasteiger partial charge in [0.15, 0.2) is 5.96 Å². The van der Waals surface area contributed by atoms with E-state index in [-0.39, 0.29) is 0 Å². The van der Waals surface area contributed by atoms with Crippen molar-refractivity contribution in [1.82, 2.24) is 15.6 Å². The highest BCUT2D eigenvalue weighted by Crippen LogP contribution is 2.21. The van der Waals surface area contributed by atoms with Crippen LogP contribution in [0.3, 0.4) is 0 Å². The molecule has 1 unspecified atom stereocenters. The first kappa shape index (κ1) is 20.0. The largest absolute Gasteiger partial charge is 0.444 e. The van der Waals surface area contributed by atoms with Crippen molar-refractivity contribution in [1.29, 1.82) is 0 Å². The molecule has 156 valence electrons. The Morgan fingerprint density at radius 3 is 2.73 bits per heavy atom. The lowest BCUT2D eigenvalue weighted by molar-refractivity contribution is 0.468. The van der Waals surface area contributed by atoms with Gasteiger partial charge in [-0.1, -0.05) is 35.9 Å². The standard InChI is InChI=1S/C24H29N5O/c1-18-10-12-22(13-11-18)29-14-6-9-20(16-29)28-24(25-2)26-15-21-17-30-23(27-21)19-7-4-3-5-8-19/h3-5,7-8,10-13,17,20H,6,9,14-16H2,1-2H3,(H2,25,26,28). The van der Waals surface area contributed by atoms with Gasteiger partial charge in [-0.25, -0.2) is 4.98 Å². The van der Waals surface area contributed by atoms with Crippen LogP contribution in [0.5, 0.6) is 0 Å². The van der Waals surface area contributed by atoms with Crippen molar-refractivity contribution in [2.75, 3.05) is 25.0 Å². The van der Waals surface area contributed by atoms with Crippen LogP contribution >= 0.6 is 0 Å². The molecular weight excluding hydrogens is 374 g/mol. The zero-order valence-electron chi connectivity index (χ0n) is 17.6. The minimum atomic E-state index is 0.350. The highest BCUT2D eigenvalue weighted by atomic mass is 16.3. The molecule has 0 aliphatic carbocycles. The fraction of sp³-hybridized carbons (Fsp3) is 0.333. The number of benzene rings is 2. The summed E-state index contributed by atoms with van der Waals surface area (Å²) in [4.78, 5) is 11.4. The first-order valence-corrected chi connectivity index (χ1v) is 10.5. The molecule has 4 rings (SSSR count). The fourth-order valence-electron chi connectivity index (χ4n) is 3.75. The van der Waals surface area contributed by atoms with Gasteiger partial charge in [0.2, 0.25) is 5.89 Å². The van der Waals surface area contributed by atoms with Crippen LogP contribution in [0.4, 0.5) is 5.69 Å². The first-order valence-electron chi connectivity index (χ1n) is 10.5. The summed E-state index contributed by atoms with van der Waals surface area (Å²) in [5.41, 5.74) is 4.40. The second-order valence-corrected chi connectivity index (χ2v) is 7.70. The summed E-state index contributed by atoms with van der Waals surface area (Å²) in [6, 6.07) is 19.0. The number of anilines is 1. The third kappa shape index (κ3) is 5.00. The van der Waals surface area contributed by atoms with Gasteiger partial charge < -0.3 is 20.0 Å². The van der Waals surface area contributed by atoms with Gasteiger partial charge in [-0.3, -0.25) is 4.99 Å². The van der Waals surface area contributed by atoms with Crippen molar-refractivity contribution < 1.29 is 4.42 Å². The van der Waals surface area contributed by atoms with E-state index in [9.17, 15) is 0 Å². The highest BCUT2D eigenvalue weighted by molar-refractivity contribution is 5.80. The number of nitrogens with one attached hydrogen (secondary N) is 2. The van der Waals surface area contributed by atoms with Crippen LogP contribution in [-0.4, -0.2) is 37.1 Å². The SMILES string of the molecule is CN=C(NCc1coc(-c2ccccc2)n1)NC1CCCN(c2ccc(C)cc2)C1. The third-order valence-corrected chi connectivity index (χ3v) is 5.39. The Bertz CT molecular complexity index is 965. The number of aromatic nitrogens is 1. The molecule has 1 aliphatic rings. The maximum absolute atomic E-state index is 5.62. The molecule has 0 spiro atoms. The van der Waals surface area contributed by atoms with Crippen molar-refractivity contribution >= 4 is 11.6 Å². The molecule has 3 aromatic rings. The molecular formula is C24H29N5O. The second-order valence-electron chi connectivity index (χ2n) is 7.70. The van der Waals surface area contributed by atoms with Gasteiger partial charge in [0.25, 0.3) is 0 Å². The zero-order valence-corrected chi connectivity index (χ0v) is 17.6. The summed E-state index contributed by atoms with van der Waals surface area (Å²) in [5, 5.41) is 6.92. The summed E-state index contributed by atoms with van der Waals surface area (Å²) >= 11 is 0. The van der Waals surface area contributed by atoms with Gasteiger partial charge >= 0.3 is 0 Å². The van der Waals surface area contributed by atoms with E-state index in [1.54, 1.807) is 13.3 Å². The normalized spacial score (nSPS) is 17.1. The van der Waals surface area contributed by atoms with Crippen LogP contribution in [0.2, 0.25) is 0 Å². The minimum absolute atomic E-state index is 0.350. The van der Waals surface area contributed by atoms with Gasteiger partial charge in [0, 0.05) is 37.4 Å². The summed E-state index contributed by atoms with van der Waals surface area (Å²) in [6.07, 6.45) is 3.99. The van der Waals surface area contributed by atoms with Crippen molar-refractivity contribution in [3.8, 4) is 11.5 Å². The van der Waals surface area contributed by atoms with Gasteiger partial charge in [-0.05, 0) is 44.0 Å². The van der Waals surface area contributed by atoms with Gasteiger partial charge in [0.1, 0.15) is 6.26 Å². The Hall–Kier alpha value is -3.28. The monoisotopic (exact) mass is 403 g/mol. The zero-order chi connectivity index (χ0) is 20.8. The number of nitrogens with zero attached hydrogens (tertiary/aromatic N) is 3. The molecule has 0 saturated carbocycles. The fourth-order valence-corrected chi connectivity index (χ4v) is 3.75. The molecule has 2 aromatic carbocycles. The molecule has 0 radical (unpaired) electrons. The molecule has 1 aliphatic heterocycles. The van der Waals surface area contributed by atoms with Gasteiger partial charge in [-0.2, -0.15) is 0 Å². The molecule has 30 heavy (non-hydrogen) atoms. The smallest absolute Gasteiger partial charge is 0.226 e. The predicted octanol–water partition coefficient (Wildman–Crippen LogP) is 3.98. The number of hydrogen-bond acceptors (Lipinski definition) is 4.